The molecule has 2 aromatic carbocycles. The van der Waals surface area contributed by atoms with Crippen LogP contribution in [0.5, 0.6) is 0 Å². The first-order valence-corrected chi connectivity index (χ1v) is 8.58. The lowest BCUT2D eigenvalue weighted by Gasteiger charge is -2.08. The summed E-state index contributed by atoms with van der Waals surface area (Å²) in [4.78, 5) is 12.6. The molecule has 0 bridgehead atoms. The van der Waals surface area contributed by atoms with Crippen molar-refractivity contribution in [2.24, 2.45) is 0 Å². The number of ketones is 1. The third-order valence-electron chi connectivity index (χ3n) is 3.37. The van der Waals surface area contributed by atoms with Crippen molar-refractivity contribution in [2.45, 2.75) is 18.7 Å². The minimum atomic E-state index is -3.27. The first kappa shape index (κ1) is 15.7. The molecular weight excluding hydrogens is 308 g/mol. The minimum absolute atomic E-state index is 0.185. The Labute approximate surface area is 129 Å². The van der Waals surface area contributed by atoms with Gasteiger partial charge >= 0.3 is 0 Å². The molecule has 21 heavy (non-hydrogen) atoms. The van der Waals surface area contributed by atoms with E-state index >= 15 is 0 Å². The van der Waals surface area contributed by atoms with Crippen LogP contribution in [0.3, 0.4) is 0 Å². The van der Waals surface area contributed by atoms with Crippen molar-refractivity contribution in [1.29, 1.82) is 0 Å². The number of hydrogen-bond donors (Lipinski definition) is 0. The zero-order valence-corrected chi connectivity index (χ0v) is 13.5. The van der Waals surface area contributed by atoms with Crippen molar-refractivity contribution in [3.63, 3.8) is 0 Å². The molecule has 0 aromatic heterocycles. The third kappa shape index (κ3) is 3.34. The van der Waals surface area contributed by atoms with Crippen molar-refractivity contribution < 1.29 is 13.2 Å². The van der Waals surface area contributed by atoms with E-state index in [1.165, 1.54) is 24.3 Å². The van der Waals surface area contributed by atoms with Crippen molar-refractivity contribution in [2.75, 3.05) is 6.26 Å². The first-order chi connectivity index (χ1) is 9.70. The van der Waals surface area contributed by atoms with Gasteiger partial charge in [0.1, 0.15) is 0 Å². The largest absolute Gasteiger partial charge is 0.289 e. The zero-order valence-electron chi connectivity index (χ0n) is 12.0. The molecule has 110 valence electrons. The zero-order chi connectivity index (χ0) is 15.8. The molecule has 0 aliphatic carbocycles. The van der Waals surface area contributed by atoms with E-state index in [0.29, 0.717) is 16.1 Å². The van der Waals surface area contributed by atoms with Crippen LogP contribution < -0.4 is 0 Å². The maximum absolute atomic E-state index is 12.5. The molecule has 0 N–H and O–H groups in total. The fourth-order valence-corrected chi connectivity index (χ4v) is 2.90. The Bertz CT molecular complexity index is 806. The van der Waals surface area contributed by atoms with Gasteiger partial charge < -0.3 is 0 Å². The molecule has 0 spiro atoms. The van der Waals surface area contributed by atoms with Crippen LogP contribution in [-0.2, 0) is 9.84 Å². The first-order valence-electron chi connectivity index (χ1n) is 6.31. The predicted octanol–water partition coefficient (Wildman–Crippen LogP) is 3.59. The van der Waals surface area contributed by atoms with Gasteiger partial charge in [0.15, 0.2) is 15.6 Å². The van der Waals surface area contributed by atoms with Crippen LogP contribution in [0.2, 0.25) is 5.02 Å². The van der Waals surface area contributed by atoms with Gasteiger partial charge in [0, 0.05) is 17.4 Å². The van der Waals surface area contributed by atoms with Gasteiger partial charge in [0.05, 0.1) is 9.92 Å². The molecule has 0 fully saturated rings. The Balaban J connectivity index is 2.44. The Morgan fingerprint density at radius 3 is 2.05 bits per heavy atom. The highest BCUT2D eigenvalue weighted by atomic mass is 35.5. The monoisotopic (exact) mass is 322 g/mol. The molecule has 0 unspecified atom stereocenters. The highest BCUT2D eigenvalue weighted by Gasteiger charge is 2.15. The van der Waals surface area contributed by atoms with E-state index in [-0.39, 0.29) is 10.7 Å². The smallest absolute Gasteiger partial charge is 0.194 e. The highest BCUT2D eigenvalue weighted by Crippen LogP contribution is 2.24. The second kappa shape index (κ2) is 5.62. The van der Waals surface area contributed by atoms with Gasteiger partial charge in [-0.1, -0.05) is 11.6 Å². The number of aryl methyl sites for hydroxylation is 2. The summed E-state index contributed by atoms with van der Waals surface area (Å²) in [5.41, 5.74) is 2.83. The van der Waals surface area contributed by atoms with Gasteiger partial charge in [-0.3, -0.25) is 4.79 Å². The van der Waals surface area contributed by atoms with Crippen molar-refractivity contribution in [3.05, 3.63) is 63.7 Å². The lowest BCUT2D eigenvalue weighted by molar-refractivity contribution is 0.103. The van der Waals surface area contributed by atoms with Gasteiger partial charge in [0.25, 0.3) is 0 Å². The molecule has 0 saturated carbocycles. The Hall–Kier alpha value is -1.65. The summed E-state index contributed by atoms with van der Waals surface area (Å²) in [5, 5.41) is 0.398. The molecular formula is C16H15ClO3S. The number of halogens is 1. The van der Waals surface area contributed by atoms with E-state index in [1.807, 2.05) is 13.8 Å². The summed E-state index contributed by atoms with van der Waals surface area (Å²) in [6.07, 6.45) is 1.13. The maximum atomic E-state index is 12.5. The van der Waals surface area contributed by atoms with Crippen LogP contribution in [0.1, 0.15) is 27.0 Å². The van der Waals surface area contributed by atoms with E-state index in [9.17, 15) is 13.2 Å². The molecule has 0 aliphatic heterocycles. The molecule has 0 atom stereocenters. The van der Waals surface area contributed by atoms with Crippen molar-refractivity contribution >= 4 is 27.2 Å². The maximum Gasteiger partial charge on any atom is 0.194 e. The molecule has 0 radical (unpaired) electrons. The fourth-order valence-electron chi connectivity index (χ4n) is 1.96. The van der Waals surface area contributed by atoms with Crippen LogP contribution in [0.15, 0.2) is 41.3 Å². The molecule has 0 aliphatic rings. The van der Waals surface area contributed by atoms with Gasteiger partial charge in [0.2, 0.25) is 0 Å². The Morgan fingerprint density at radius 1 is 1.00 bits per heavy atom. The molecule has 3 nitrogen and oxygen atoms in total. The topological polar surface area (TPSA) is 51.2 Å². The van der Waals surface area contributed by atoms with Gasteiger partial charge in [-0.25, -0.2) is 8.42 Å². The van der Waals surface area contributed by atoms with E-state index in [0.717, 1.165) is 17.4 Å². The Morgan fingerprint density at radius 2 is 1.52 bits per heavy atom. The predicted molar refractivity (Wildman–Crippen MR) is 83.9 cm³/mol. The average molecular weight is 323 g/mol. The van der Waals surface area contributed by atoms with Crippen LogP contribution in [-0.4, -0.2) is 20.5 Å². The molecule has 0 heterocycles. The lowest BCUT2D eigenvalue weighted by Crippen LogP contribution is -2.04. The summed E-state index contributed by atoms with van der Waals surface area (Å²) in [7, 11) is -3.27. The molecule has 2 aromatic rings. The van der Waals surface area contributed by atoms with E-state index in [4.69, 9.17) is 11.6 Å². The second-order valence-corrected chi connectivity index (χ2v) is 7.46. The summed E-state index contributed by atoms with van der Waals surface area (Å²) < 4.78 is 22.8. The van der Waals surface area contributed by atoms with Gasteiger partial charge in [-0.2, -0.15) is 0 Å². The minimum Gasteiger partial charge on any atom is -0.289 e. The lowest BCUT2D eigenvalue weighted by atomic mass is 9.99. The van der Waals surface area contributed by atoms with Crippen molar-refractivity contribution in [3.8, 4) is 0 Å². The molecule has 2 rings (SSSR count). The summed E-state index contributed by atoms with van der Waals surface area (Å²) in [6, 6.07) is 9.38. The van der Waals surface area contributed by atoms with Crippen LogP contribution in [0.25, 0.3) is 0 Å². The molecule has 0 saturated heterocycles. The number of hydrogen-bond acceptors (Lipinski definition) is 3. The normalized spacial score (nSPS) is 11.4. The molecule has 0 amide bonds. The molecule has 5 heteroatoms. The average Bonchev–Trinajstić information content (AvgIpc) is 2.41. The van der Waals surface area contributed by atoms with Gasteiger partial charge in [-0.05, 0) is 61.4 Å². The van der Waals surface area contributed by atoms with E-state index in [1.54, 1.807) is 12.1 Å². The standard InChI is InChI=1S/C16H15ClO3S/c1-10-8-14(15(17)9-11(10)2)16(18)12-4-6-13(7-5-12)21(3,19)20/h4-9H,1-3H3. The van der Waals surface area contributed by atoms with Crippen LogP contribution in [0.4, 0.5) is 0 Å². The number of carbonyl (C=O) groups excluding carboxylic acids is 1. The quantitative estimate of drug-likeness (QED) is 0.811. The third-order valence-corrected chi connectivity index (χ3v) is 4.81. The van der Waals surface area contributed by atoms with Crippen LogP contribution in [0, 0.1) is 13.8 Å². The number of benzene rings is 2. The number of sulfone groups is 1. The summed E-state index contributed by atoms with van der Waals surface area (Å²) in [6.45, 7) is 3.84. The Kier molecular flexibility index (Phi) is 4.21. The highest BCUT2D eigenvalue weighted by molar-refractivity contribution is 7.90. The van der Waals surface area contributed by atoms with Crippen LogP contribution >= 0.6 is 11.6 Å². The SMILES string of the molecule is Cc1cc(Cl)c(C(=O)c2ccc(S(C)(=O)=O)cc2)cc1C. The van der Waals surface area contributed by atoms with E-state index < -0.39 is 9.84 Å². The number of rotatable bonds is 3. The summed E-state index contributed by atoms with van der Waals surface area (Å²) >= 11 is 6.13. The second-order valence-electron chi connectivity index (χ2n) is 5.04. The summed E-state index contributed by atoms with van der Waals surface area (Å²) in [5.74, 6) is -0.219. The van der Waals surface area contributed by atoms with E-state index in [2.05, 4.69) is 0 Å². The number of carbonyl (C=O) groups is 1. The van der Waals surface area contributed by atoms with Crippen molar-refractivity contribution in [1.82, 2.24) is 0 Å². The van der Waals surface area contributed by atoms with Gasteiger partial charge in [-0.15, -0.1) is 0 Å². The fraction of sp³-hybridized carbons (Fsp3) is 0.188.